The van der Waals surface area contributed by atoms with Crippen LogP contribution in [-0.4, -0.2) is 67.9 Å². The van der Waals surface area contributed by atoms with Crippen molar-refractivity contribution in [3.8, 4) is 0 Å². The third-order valence-electron chi connectivity index (χ3n) is 3.99. The summed E-state index contributed by atoms with van der Waals surface area (Å²) in [6.07, 6.45) is 2.98. The van der Waals surface area contributed by atoms with E-state index in [-0.39, 0.29) is 18.0 Å². The van der Waals surface area contributed by atoms with E-state index in [0.717, 1.165) is 12.8 Å². The number of carbonyl (C=O) groups excluding carboxylic acids is 2. The number of amides is 2. The lowest BCUT2D eigenvalue weighted by atomic mass is 10.1. The van der Waals surface area contributed by atoms with Crippen LogP contribution < -0.4 is 10.6 Å². The quantitative estimate of drug-likeness (QED) is 0.724. The molecule has 25 heavy (non-hydrogen) atoms. The molecule has 1 aliphatic heterocycles. The van der Waals surface area contributed by atoms with Crippen LogP contribution in [0.3, 0.4) is 0 Å². The lowest BCUT2D eigenvalue weighted by molar-refractivity contribution is 0.0935. The molecule has 0 saturated carbocycles. The maximum absolute atomic E-state index is 12.1. The number of nitrogens with one attached hydrogen (secondary N) is 2. The molecule has 138 valence electrons. The zero-order chi connectivity index (χ0) is 18.1. The van der Waals surface area contributed by atoms with E-state index in [1.54, 1.807) is 37.3 Å². The van der Waals surface area contributed by atoms with Crippen molar-refractivity contribution in [3.05, 3.63) is 23.9 Å². The average Bonchev–Trinajstić information content (AvgIpc) is 2.63. The smallest absolute Gasteiger partial charge is 0.409 e. The molecule has 0 atom stereocenters. The van der Waals surface area contributed by atoms with E-state index >= 15 is 0 Å². The molecule has 0 bridgehead atoms. The monoisotopic (exact) mass is 350 g/mol. The van der Waals surface area contributed by atoms with Gasteiger partial charge in [0.05, 0.1) is 13.2 Å². The van der Waals surface area contributed by atoms with Crippen LogP contribution in [0.4, 0.5) is 10.6 Å². The Bertz CT molecular complexity index is 574. The van der Waals surface area contributed by atoms with E-state index in [1.807, 2.05) is 0 Å². The fourth-order valence-electron chi connectivity index (χ4n) is 2.65. The second-order valence-corrected chi connectivity index (χ2v) is 5.78. The fraction of sp³-hybridized carbons (Fsp3) is 0.588. The molecule has 2 N–H and O–H groups in total. The molecule has 2 amide bonds. The van der Waals surface area contributed by atoms with Crippen molar-refractivity contribution in [2.75, 3.05) is 45.3 Å². The van der Waals surface area contributed by atoms with Crippen molar-refractivity contribution in [3.63, 3.8) is 0 Å². The number of nitrogens with zero attached hydrogens (tertiary/aromatic N) is 2. The highest BCUT2D eigenvalue weighted by molar-refractivity contribution is 5.94. The van der Waals surface area contributed by atoms with Crippen LogP contribution in [0.15, 0.2) is 18.3 Å². The van der Waals surface area contributed by atoms with Gasteiger partial charge in [-0.3, -0.25) is 4.79 Å². The van der Waals surface area contributed by atoms with Gasteiger partial charge in [0.2, 0.25) is 0 Å². The normalized spacial score (nSPS) is 14.9. The van der Waals surface area contributed by atoms with E-state index in [4.69, 9.17) is 9.47 Å². The maximum Gasteiger partial charge on any atom is 0.409 e. The molecule has 0 spiro atoms. The van der Waals surface area contributed by atoms with Gasteiger partial charge in [0, 0.05) is 44.5 Å². The van der Waals surface area contributed by atoms with Crippen LogP contribution in [0, 0.1) is 0 Å². The van der Waals surface area contributed by atoms with E-state index in [1.165, 1.54) is 0 Å². The molecule has 8 nitrogen and oxygen atoms in total. The predicted molar refractivity (Wildman–Crippen MR) is 93.7 cm³/mol. The van der Waals surface area contributed by atoms with Crippen LogP contribution in [0.5, 0.6) is 0 Å². The van der Waals surface area contributed by atoms with E-state index < -0.39 is 0 Å². The Morgan fingerprint density at radius 2 is 2.12 bits per heavy atom. The van der Waals surface area contributed by atoms with Gasteiger partial charge in [-0.1, -0.05) is 0 Å². The second kappa shape index (κ2) is 9.83. The molecular weight excluding hydrogens is 324 g/mol. The zero-order valence-electron chi connectivity index (χ0n) is 14.8. The molecule has 1 saturated heterocycles. The van der Waals surface area contributed by atoms with Crippen LogP contribution in [0.2, 0.25) is 0 Å². The Morgan fingerprint density at radius 3 is 2.80 bits per heavy atom. The van der Waals surface area contributed by atoms with E-state index in [2.05, 4.69) is 15.6 Å². The number of aromatic nitrogens is 1. The summed E-state index contributed by atoms with van der Waals surface area (Å²) < 4.78 is 9.93. The Balaban J connectivity index is 1.84. The number of anilines is 1. The van der Waals surface area contributed by atoms with Crippen molar-refractivity contribution in [1.82, 2.24) is 15.2 Å². The standard InChI is InChI=1S/C17H26N4O4/c1-3-25-17(23)21-9-5-14(6-10-21)20-15-12-13(4-7-18-15)16(22)19-8-11-24-2/h4,7,12,14H,3,5-6,8-11H2,1-2H3,(H,18,20)(H,19,22). The van der Waals surface area contributed by atoms with Gasteiger partial charge in [-0.25, -0.2) is 9.78 Å². The number of likely N-dealkylation sites (tertiary alicyclic amines) is 1. The number of rotatable bonds is 7. The summed E-state index contributed by atoms with van der Waals surface area (Å²) in [5, 5.41) is 6.12. The summed E-state index contributed by atoms with van der Waals surface area (Å²) >= 11 is 0. The van der Waals surface area contributed by atoms with Gasteiger partial charge in [0.15, 0.2) is 0 Å². The highest BCUT2D eigenvalue weighted by Gasteiger charge is 2.23. The summed E-state index contributed by atoms with van der Waals surface area (Å²) in [7, 11) is 1.59. The number of carbonyl (C=O) groups is 2. The number of hydrogen-bond acceptors (Lipinski definition) is 6. The minimum absolute atomic E-state index is 0.153. The molecule has 1 aliphatic rings. The summed E-state index contributed by atoms with van der Waals surface area (Å²) in [5.41, 5.74) is 0.553. The summed E-state index contributed by atoms with van der Waals surface area (Å²) in [6.45, 7) is 4.42. The van der Waals surface area contributed by atoms with Crippen LogP contribution in [0.25, 0.3) is 0 Å². The Morgan fingerprint density at radius 1 is 1.36 bits per heavy atom. The van der Waals surface area contributed by atoms with Crippen molar-refractivity contribution in [2.24, 2.45) is 0 Å². The molecular formula is C17H26N4O4. The Labute approximate surface area is 147 Å². The molecule has 0 radical (unpaired) electrons. The minimum atomic E-state index is -0.256. The van der Waals surface area contributed by atoms with Gasteiger partial charge in [0.25, 0.3) is 5.91 Å². The summed E-state index contributed by atoms with van der Waals surface area (Å²) in [5.74, 6) is 0.508. The first-order valence-electron chi connectivity index (χ1n) is 8.55. The maximum atomic E-state index is 12.1. The van der Waals surface area contributed by atoms with Gasteiger partial charge < -0.3 is 25.0 Å². The predicted octanol–water partition coefficient (Wildman–Crippen LogP) is 1.49. The van der Waals surface area contributed by atoms with Gasteiger partial charge in [-0.15, -0.1) is 0 Å². The number of pyridine rings is 1. The molecule has 8 heteroatoms. The number of hydrogen-bond donors (Lipinski definition) is 2. The first-order valence-corrected chi connectivity index (χ1v) is 8.55. The first kappa shape index (κ1) is 19.0. The average molecular weight is 350 g/mol. The molecule has 2 rings (SSSR count). The third-order valence-corrected chi connectivity index (χ3v) is 3.99. The van der Waals surface area contributed by atoms with Gasteiger partial charge >= 0.3 is 6.09 Å². The van der Waals surface area contributed by atoms with Crippen molar-refractivity contribution < 1.29 is 19.1 Å². The summed E-state index contributed by atoms with van der Waals surface area (Å²) in [4.78, 5) is 29.8. The topological polar surface area (TPSA) is 92.8 Å². The molecule has 1 aromatic rings. The number of ether oxygens (including phenoxy) is 2. The van der Waals surface area contributed by atoms with Crippen molar-refractivity contribution >= 4 is 17.8 Å². The lowest BCUT2D eigenvalue weighted by Gasteiger charge is -2.31. The number of methoxy groups -OCH3 is 1. The minimum Gasteiger partial charge on any atom is -0.450 e. The Hall–Kier alpha value is -2.35. The third kappa shape index (κ3) is 5.90. The zero-order valence-corrected chi connectivity index (χ0v) is 14.8. The SMILES string of the molecule is CCOC(=O)N1CCC(Nc2cc(C(=O)NCCOC)ccn2)CC1. The van der Waals surface area contributed by atoms with E-state index in [9.17, 15) is 9.59 Å². The van der Waals surface area contributed by atoms with Gasteiger partial charge in [-0.05, 0) is 31.9 Å². The van der Waals surface area contributed by atoms with Crippen LogP contribution in [-0.2, 0) is 9.47 Å². The van der Waals surface area contributed by atoms with Crippen molar-refractivity contribution in [1.29, 1.82) is 0 Å². The van der Waals surface area contributed by atoms with Crippen LogP contribution >= 0.6 is 0 Å². The molecule has 1 aromatic heterocycles. The largest absolute Gasteiger partial charge is 0.450 e. The molecule has 0 unspecified atom stereocenters. The van der Waals surface area contributed by atoms with Crippen LogP contribution in [0.1, 0.15) is 30.1 Å². The second-order valence-electron chi connectivity index (χ2n) is 5.78. The number of piperidine rings is 1. The van der Waals surface area contributed by atoms with Crippen molar-refractivity contribution in [2.45, 2.75) is 25.8 Å². The van der Waals surface area contributed by atoms with Gasteiger partial charge in [-0.2, -0.15) is 0 Å². The molecule has 0 aromatic carbocycles. The fourth-order valence-corrected chi connectivity index (χ4v) is 2.65. The highest BCUT2D eigenvalue weighted by Crippen LogP contribution is 2.16. The van der Waals surface area contributed by atoms with Gasteiger partial charge in [0.1, 0.15) is 5.82 Å². The molecule has 2 heterocycles. The Kier molecular flexibility index (Phi) is 7.46. The lowest BCUT2D eigenvalue weighted by Crippen LogP contribution is -2.42. The first-order chi connectivity index (χ1) is 12.1. The highest BCUT2D eigenvalue weighted by atomic mass is 16.6. The summed E-state index contributed by atoms with van der Waals surface area (Å²) in [6, 6.07) is 3.63. The van der Waals surface area contributed by atoms with E-state index in [0.29, 0.717) is 44.2 Å². The molecule has 0 aliphatic carbocycles. The molecule has 1 fully saturated rings.